The topological polar surface area (TPSA) is 108 Å². The van der Waals surface area contributed by atoms with Crippen LogP contribution in [0.1, 0.15) is 42.1 Å². The van der Waals surface area contributed by atoms with Gasteiger partial charge < -0.3 is 24.7 Å². The molecule has 2 N–H and O–H groups in total. The molecule has 0 aromatic carbocycles. The summed E-state index contributed by atoms with van der Waals surface area (Å²) >= 11 is 0. The molecule has 5 heterocycles. The molecule has 1 aliphatic carbocycles. The second-order valence-electron chi connectivity index (χ2n) is 9.17. The number of fused-ring (bicyclic) bond motifs is 2. The van der Waals surface area contributed by atoms with E-state index in [1.54, 1.807) is 17.8 Å². The lowest BCUT2D eigenvalue weighted by molar-refractivity contribution is 0.00732. The van der Waals surface area contributed by atoms with Crippen molar-refractivity contribution in [2.75, 3.05) is 32.7 Å². The van der Waals surface area contributed by atoms with Crippen LogP contribution in [0.25, 0.3) is 28.3 Å². The first-order valence-corrected chi connectivity index (χ1v) is 12.1. The molecule has 0 radical (unpaired) electrons. The molecular weight excluding hydrogens is 446 g/mol. The number of anilines is 1. The van der Waals surface area contributed by atoms with Crippen molar-refractivity contribution in [1.29, 1.82) is 0 Å². The Hall–Kier alpha value is -3.50. The molecule has 2 aromatic rings. The minimum atomic E-state index is -0.193. The maximum atomic E-state index is 13.1. The van der Waals surface area contributed by atoms with E-state index in [9.17, 15) is 4.79 Å². The average Bonchev–Trinajstić information content (AvgIpc) is 3.51. The first kappa shape index (κ1) is 22.0. The number of nitrogens with one attached hydrogen (secondary N) is 2. The third-order valence-electron chi connectivity index (χ3n) is 7.26. The standard InChI is InChI=1S/C25H29N7O3/c1-26-22-12-20(17-13-27-23-16(17)4-3-9-31(23)15-7-10-35-11-8-15)29-24-18(14-28-32(22)24)25(33)30-19-5-6-21(19)34-2/h3-4,9,12-15,19,21,26H,5-8,10-11H2,1-2H3,(H,30,33)/t19-,21-/m1/s1. The van der Waals surface area contributed by atoms with Gasteiger partial charge in [-0.3, -0.25) is 4.79 Å². The predicted octanol–water partition coefficient (Wildman–Crippen LogP) is 3.00. The SMILES string of the molecule is CNc1cc(-c2cnc3n(C4CCOCC4)cccc2-3)nc2c(C(=O)N[C@@H]3CC[C@H]3OC)cnn12. The Morgan fingerprint density at radius 3 is 2.77 bits per heavy atom. The molecular formula is C25H29N7O3. The van der Waals surface area contributed by atoms with Crippen molar-refractivity contribution in [2.24, 2.45) is 0 Å². The van der Waals surface area contributed by atoms with Gasteiger partial charge in [0.25, 0.3) is 5.91 Å². The fraction of sp³-hybridized carbons (Fsp3) is 0.440. The number of pyridine rings is 1. The smallest absolute Gasteiger partial charge is 0.257 e. The Bertz CT molecular complexity index is 1340. The lowest BCUT2D eigenvalue weighted by Crippen LogP contribution is -2.51. The second-order valence-corrected chi connectivity index (χ2v) is 9.17. The molecule has 10 heteroatoms. The molecule has 1 saturated heterocycles. The highest BCUT2D eigenvalue weighted by Crippen LogP contribution is 2.36. The number of rotatable bonds is 6. The fourth-order valence-corrected chi connectivity index (χ4v) is 5.12. The maximum absolute atomic E-state index is 13.1. The molecule has 1 saturated carbocycles. The molecule has 0 bridgehead atoms. The summed E-state index contributed by atoms with van der Waals surface area (Å²) in [6.07, 6.45) is 9.39. The van der Waals surface area contributed by atoms with E-state index in [1.807, 2.05) is 19.3 Å². The van der Waals surface area contributed by atoms with Gasteiger partial charge in [-0.15, -0.1) is 0 Å². The highest BCUT2D eigenvalue weighted by Gasteiger charge is 2.33. The van der Waals surface area contributed by atoms with Gasteiger partial charge in [0.1, 0.15) is 17.2 Å². The molecule has 0 spiro atoms. The third-order valence-corrected chi connectivity index (χ3v) is 7.26. The van der Waals surface area contributed by atoms with Gasteiger partial charge in [-0.2, -0.15) is 9.61 Å². The number of ether oxygens (including phenoxy) is 2. The molecule has 0 unspecified atom stereocenters. The Labute approximate surface area is 203 Å². The van der Waals surface area contributed by atoms with Crippen LogP contribution in [0.2, 0.25) is 0 Å². The van der Waals surface area contributed by atoms with Crippen molar-refractivity contribution >= 4 is 17.4 Å². The van der Waals surface area contributed by atoms with Crippen molar-refractivity contribution in [3.8, 4) is 22.6 Å². The summed E-state index contributed by atoms with van der Waals surface area (Å²) in [5.41, 5.74) is 3.63. The first-order valence-electron chi connectivity index (χ1n) is 12.1. The van der Waals surface area contributed by atoms with Crippen LogP contribution in [0.3, 0.4) is 0 Å². The van der Waals surface area contributed by atoms with E-state index in [2.05, 4.69) is 38.6 Å². The molecule has 1 amide bonds. The van der Waals surface area contributed by atoms with E-state index < -0.39 is 0 Å². The van der Waals surface area contributed by atoms with Crippen LogP contribution in [-0.2, 0) is 9.47 Å². The van der Waals surface area contributed by atoms with Crippen molar-refractivity contribution in [2.45, 2.75) is 43.9 Å². The minimum Gasteiger partial charge on any atom is -0.381 e. The van der Waals surface area contributed by atoms with Gasteiger partial charge in [-0.1, -0.05) is 0 Å². The molecule has 4 aliphatic rings. The molecule has 182 valence electrons. The van der Waals surface area contributed by atoms with Crippen molar-refractivity contribution < 1.29 is 14.3 Å². The number of nitrogens with zero attached hydrogens (tertiary/aromatic N) is 5. The van der Waals surface area contributed by atoms with E-state index in [0.29, 0.717) is 17.3 Å². The van der Waals surface area contributed by atoms with Gasteiger partial charge in [0.05, 0.1) is 24.0 Å². The van der Waals surface area contributed by atoms with Gasteiger partial charge in [-0.25, -0.2) is 9.97 Å². The molecule has 10 nitrogen and oxygen atoms in total. The molecule has 2 fully saturated rings. The zero-order chi connectivity index (χ0) is 23.9. The molecule has 2 atom stereocenters. The van der Waals surface area contributed by atoms with E-state index in [4.69, 9.17) is 19.4 Å². The fourth-order valence-electron chi connectivity index (χ4n) is 5.12. The number of hydrogen-bond donors (Lipinski definition) is 2. The molecule has 6 rings (SSSR count). The normalized spacial score (nSPS) is 20.7. The summed E-state index contributed by atoms with van der Waals surface area (Å²) in [7, 11) is 3.51. The summed E-state index contributed by atoms with van der Waals surface area (Å²) in [6.45, 7) is 1.53. The van der Waals surface area contributed by atoms with Crippen molar-refractivity contribution in [3.05, 3.63) is 42.4 Å². The number of methoxy groups -OCH3 is 1. The molecule has 3 aliphatic heterocycles. The van der Waals surface area contributed by atoms with E-state index in [1.165, 1.54) is 0 Å². The second kappa shape index (κ2) is 8.94. The van der Waals surface area contributed by atoms with Gasteiger partial charge >= 0.3 is 0 Å². The summed E-state index contributed by atoms with van der Waals surface area (Å²) < 4.78 is 14.9. The van der Waals surface area contributed by atoms with Crippen LogP contribution in [0.4, 0.5) is 5.82 Å². The van der Waals surface area contributed by atoms with Gasteiger partial charge in [0, 0.05) is 63.0 Å². The van der Waals surface area contributed by atoms with Crippen molar-refractivity contribution in [3.63, 3.8) is 0 Å². The summed E-state index contributed by atoms with van der Waals surface area (Å²) in [4.78, 5) is 22.8. The van der Waals surface area contributed by atoms with Crippen LogP contribution in [-0.4, -0.2) is 69.6 Å². The maximum Gasteiger partial charge on any atom is 0.257 e. The monoisotopic (exact) mass is 475 g/mol. The van der Waals surface area contributed by atoms with E-state index >= 15 is 0 Å². The molecule has 2 aromatic heterocycles. The van der Waals surface area contributed by atoms with Crippen LogP contribution >= 0.6 is 0 Å². The highest BCUT2D eigenvalue weighted by atomic mass is 16.5. The number of carbonyl (C=O) groups excluding carboxylic acids is 1. The summed E-state index contributed by atoms with van der Waals surface area (Å²) in [6, 6.07) is 6.45. The Morgan fingerprint density at radius 2 is 2.03 bits per heavy atom. The van der Waals surface area contributed by atoms with Gasteiger partial charge in [0.2, 0.25) is 0 Å². The zero-order valence-corrected chi connectivity index (χ0v) is 19.9. The highest BCUT2D eigenvalue weighted by molar-refractivity contribution is 6.00. The number of amides is 1. The van der Waals surface area contributed by atoms with Crippen molar-refractivity contribution in [1.82, 2.24) is 29.5 Å². The van der Waals surface area contributed by atoms with Gasteiger partial charge in [-0.05, 0) is 37.8 Å². The first-order chi connectivity index (χ1) is 17.2. The van der Waals surface area contributed by atoms with Gasteiger partial charge in [0.15, 0.2) is 5.65 Å². The Balaban J connectivity index is 1.38. The Morgan fingerprint density at radius 1 is 1.17 bits per heavy atom. The Kier molecular flexibility index (Phi) is 5.62. The van der Waals surface area contributed by atoms with Crippen LogP contribution in [0.15, 0.2) is 36.8 Å². The molecule has 35 heavy (non-hydrogen) atoms. The lowest BCUT2D eigenvalue weighted by Gasteiger charge is -2.35. The predicted molar refractivity (Wildman–Crippen MR) is 131 cm³/mol. The largest absolute Gasteiger partial charge is 0.381 e. The van der Waals surface area contributed by atoms with Crippen LogP contribution in [0.5, 0.6) is 0 Å². The van der Waals surface area contributed by atoms with E-state index in [-0.39, 0.29) is 18.1 Å². The lowest BCUT2D eigenvalue weighted by atomic mass is 9.89. The average molecular weight is 476 g/mol. The number of aromatic nitrogens is 5. The van der Waals surface area contributed by atoms with Crippen LogP contribution < -0.4 is 10.6 Å². The number of hydrogen-bond acceptors (Lipinski definition) is 7. The third kappa shape index (κ3) is 3.73. The quantitative estimate of drug-likeness (QED) is 0.441. The minimum absolute atomic E-state index is 0.0123. The summed E-state index contributed by atoms with van der Waals surface area (Å²) in [5, 5.41) is 10.7. The van der Waals surface area contributed by atoms with E-state index in [0.717, 1.165) is 67.4 Å². The van der Waals surface area contributed by atoms with Crippen LogP contribution in [0, 0.1) is 0 Å². The zero-order valence-electron chi connectivity index (χ0n) is 19.9. The number of carbonyl (C=O) groups is 1. The summed E-state index contributed by atoms with van der Waals surface area (Å²) in [5.74, 6) is 1.48.